The van der Waals surface area contributed by atoms with Crippen LogP contribution >= 0.6 is 0 Å². The molecule has 0 aromatic heterocycles. The first-order chi connectivity index (χ1) is 8.16. The van der Waals surface area contributed by atoms with E-state index < -0.39 is 11.5 Å². The van der Waals surface area contributed by atoms with Gasteiger partial charge in [0.05, 0.1) is 0 Å². The molecule has 0 radical (unpaired) electrons. The number of rotatable bonds is 0. The van der Waals surface area contributed by atoms with Crippen LogP contribution in [-0.2, 0) is 6.42 Å². The van der Waals surface area contributed by atoms with Gasteiger partial charge in [-0.15, -0.1) is 0 Å². The Balaban J connectivity index is 2.30. The zero-order valence-electron chi connectivity index (χ0n) is 8.97. The highest BCUT2D eigenvalue weighted by Gasteiger charge is 2.25. The van der Waals surface area contributed by atoms with Gasteiger partial charge < -0.3 is 10.2 Å². The van der Waals surface area contributed by atoms with Crippen LogP contribution in [0.15, 0.2) is 47.9 Å². The highest BCUT2D eigenvalue weighted by molar-refractivity contribution is 6.11. The molecule has 2 aromatic rings. The van der Waals surface area contributed by atoms with Crippen LogP contribution in [0.2, 0.25) is 0 Å². The number of benzene rings is 2. The Morgan fingerprint density at radius 3 is 2.35 bits per heavy atom. The zero-order chi connectivity index (χ0) is 12.0. The second-order valence-electron chi connectivity index (χ2n) is 4.16. The monoisotopic (exact) mass is 226 g/mol. The predicted octanol–water partition coefficient (Wildman–Crippen LogP) is 2.91. The van der Waals surface area contributed by atoms with Gasteiger partial charge in [0.1, 0.15) is 5.76 Å². The van der Waals surface area contributed by atoms with Crippen LogP contribution in [0.25, 0.3) is 10.8 Å². The Labute approximate surface area is 97.6 Å². The third kappa shape index (κ3) is 1.40. The summed E-state index contributed by atoms with van der Waals surface area (Å²) in [5.41, 5.74) is 1.23. The van der Waals surface area contributed by atoms with Gasteiger partial charge in [0.25, 0.3) is 0 Å². The first-order valence-corrected chi connectivity index (χ1v) is 5.34. The van der Waals surface area contributed by atoms with Gasteiger partial charge in [-0.1, -0.05) is 24.3 Å². The normalized spacial score (nSPS) is 15.2. The molecule has 0 saturated carbocycles. The predicted molar refractivity (Wildman–Crippen MR) is 64.3 cm³/mol. The lowest BCUT2D eigenvalue weighted by Crippen LogP contribution is -2.16. The number of aliphatic hydroxyl groups is 2. The number of carbonyl (C=O) groups is 1. The number of Topliss-reactive ketones (excluding diaryl/α,β-unsaturated/α-hetero) is 1. The van der Waals surface area contributed by atoms with Crippen LogP contribution in [-0.4, -0.2) is 16.0 Å². The molecule has 2 N–H and O–H groups in total. The van der Waals surface area contributed by atoms with Crippen molar-refractivity contribution in [1.29, 1.82) is 0 Å². The molecule has 0 fully saturated rings. The average molecular weight is 226 g/mol. The number of allylic oxidation sites excluding steroid dienone is 2. The van der Waals surface area contributed by atoms with Crippen molar-refractivity contribution in [3.8, 4) is 0 Å². The first kappa shape index (κ1) is 9.90. The van der Waals surface area contributed by atoms with E-state index in [1.165, 1.54) is 0 Å². The van der Waals surface area contributed by atoms with Crippen molar-refractivity contribution < 1.29 is 15.0 Å². The van der Waals surface area contributed by atoms with E-state index in [1.54, 1.807) is 6.07 Å². The molecular formula is C14H10O3. The summed E-state index contributed by atoms with van der Waals surface area (Å²) in [6.45, 7) is 0. The van der Waals surface area contributed by atoms with E-state index in [4.69, 9.17) is 0 Å². The topological polar surface area (TPSA) is 57.5 Å². The van der Waals surface area contributed by atoms with Crippen LogP contribution in [0.5, 0.6) is 0 Å². The van der Waals surface area contributed by atoms with E-state index in [0.717, 1.165) is 16.3 Å². The van der Waals surface area contributed by atoms with Crippen molar-refractivity contribution in [2.45, 2.75) is 6.42 Å². The van der Waals surface area contributed by atoms with Crippen molar-refractivity contribution in [1.82, 2.24) is 0 Å². The summed E-state index contributed by atoms with van der Waals surface area (Å²) in [5.74, 6) is -1.29. The molecule has 2 aromatic carbocycles. The van der Waals surface area contributed by atoms with Gasteiger partial charge in [-0.2, -0.15) is 0 Å². The van der Waals surface area contributed by atoms with E-state index in [-0.39, 0.29) is 12.2 Å². The molecule has 17 heavy (non-hydrogen) atoms. The van der Waals surface area contributed by atoms with Crippen LogP contribution in [0.1, 0.15) is 15.9 Å². The van der Waals surface area contributed by atoms with E-state index in [1.807, 2.05) is 30.3 Å². The molecule has 1 aliphatic rings. The Hall–Kier alpha value is -2.29. The Morgan fingerprint density at radius 2 is 1.65 bits per heavy atom. The number of fused-ring (bicyclic) bond motifs is 2. The largest absolute Gasteiger partial charge is 0.508 e. The number of hydrogen-bond donors (Lipinski definition) is 2. The van der Waals surface area contributed by atoms with Crippen molar-refractivity contribution in [3.63, 3.8) is 0 Å². The molecule has 84 valence electrons. The molecule has 0 atom stereocenters. The summed E-state index contributed by atoms with van der Waals surface area (Å²) in [4.78, 5) is 11.8. The molecule has 3 nitrogen and oxygen atoms in total. The quantitative estimate of drug-likeness (QED) is 0.726. The SMILES string of the molecule is O=C1C(O)=C(O)Cc2cc3ccccc3cc21. The van der Waals surface area contributed by atoms with E-state index >= 15 is 0 Å². The lowest BCUT2D eigenvalue weighted by molar-refractivity contribution is 0.0957. The second-order valence-corrected chi connectivity index (χ2v) is 4.16. The standard InChI is InChI=1S/C14H10O3/c15-12-7-10-5-8-3-1-2-4-9(8)6-11(10)13(16)14(12)17/h1-6,15,17H,7H2. The lowest BCUT2D eigenvalue weighted by Gasteiger charge is -2.16. The van der Waals surface area contributed by atoms with E-state index in [0.29, 0.717) is 5.56 Å². The fourth-order valence-electron chi connectivity index (χ4n) is 2.17. The number of hydrogen-bond acceptors (Lipinski definition) is 3. The van der Waals surface area contributed by atoms with Gasteiger partial charge in [0.2, 0.25) is 11.5 Å². The third-order valence-electron chi connectivity index (χ3n) is 3.06. The van der Waals surface area contributed by atoms with Crippen molar-refractivity contribution in [2.24, 2.45) is 0 Å². The molecule has 3 heteroatoms. The first-order valence-electron chi connectivity index (χ1n) is 5.34. The van der Waals surface area contributed by atoms with Crippen molar-refractivity contribution in [2.75, 3.05) is 0 Å². The molecule has 0 amide bonds. The molecule has 0 heterocycles. The summed E-state index contributed by atoms with van der Waals surface area (Å²) < 4.78 is 0. The summed E-state index contributed by atoms with van der Waals surface area (Å²) in [6, 6.07) is 11.3. The van der Waals surface area contributed by atoms with Gasteiger partial charge in [0, 0.05) is 12.0 Å². The Kier molecular flexibility index (Phi) is 1.95. The maximum absolute atomic E-state index is 11.8. The molecule has 0 aliphatic heterocycles. The minimum atomic E-state index is -0.534. The van der Waals surface area contributed by atoms with Crippen molar-refractivity contribution in [3.05, 3.63) is 59.0 Å². The third-order valence-corrected chi connectivity index (χ3v) is 3.06. The van der Waals surface area contributed by atoms with E-state index in [2.05, 4.69) is 0 Å². The number of aliphatic hydroxyl groups excluding tert-OH is 2. The Bertz CT molecular complexity index is 668. The summed E-state index contributed by atoms with van der Waals surface area (Å²) in [7, 11) is 0. The molecular weight excluding hydrogens is 216 g/mol. The van der Waals surface area contributed by atoms with Crippen LogP contribution in [0.3, 0.4) is 0 Å². The van der Waals surface area contributed by atoms with Gasteiger partial charge in [-0.3, -0.25) is 4.79 Å². The second kappa shape index (κ2) is 3.35. The highest BCUT2D eigenvalue weighted by atomic mass is 16.3. The summed E-state index contributed by atoms with van der Waals surface area (Å²) in [5, 5.41) is 20.9. The van der Waals surface area contributed by atoms with Gasteiger partial charge >= 0.3 is 0 Å². The lowest BCUT2D eigenvalue weighted by atomic mass is 9.90. The molecule has 3 rings (SSSR count). The van der Waals surface area contributed by atoms with Gasteiger partial charge in [-0.05, 0) is 28.5 Å². The molecule has 1 aliphatic carbocycles. The smallest absolute Gasteiger partial charge is 0.231 e. The van der Waals surface area contributed by atoms with Crippen molar-refractivity contribution >= 4 is 16.6 Å². The minimum absolute atomic E-state index is 0.206. The van der Waals surface area contributed by atoms with Crippen LogP contribution in [0.4, 0.5) is 0 Å². The highest BCUT2D eigenvalue weighted by Crippen LogP contribution is 2.28. The minimum Gasteiger partial charge on any atom is -0.508 e. The molecule has 0 unspecified atom stereocenters. The fourth-order valence-corrected chi connectivity index (χ4v) is 2.17. The molecule has 0 saturated heterocycles. The Morgan fingerprint density at radius 1 is 1.00 bits per heavy atom. The molecule has 0 bridgehead atoms. The average Bonchev–Trinajstić information content (AvgIpc) is 2.34. The maximum atomic E-state index is 11.8. The number of ketones is 1. The van der Waals surface area contributed by atoms with Gasteiger partial charge in [0.15, 0.2) is 0 Å². The summed E-state index contributed by atoms with van der Waals surface area (Å²) >= 11 is 0. The maximum Gasteiger partial charge on any atom is 0.231 e. The molecule has 0 spiro atoms. The fraction of sp³-hybridized carbons (Fsp3) is 0.0714. The zero-order valence-corrected chi connectivity index (χ0v) is 8.97. The number of carbonyl (C=O) groups excluding carboxylic acids is 1. The van der Waals surface area contributed by atoms with E-state index in [9.17, 15) is 15.0 Å². The van der Waals surface area contributed by atoms with Crippen LogP contribution in [0, 0.1) is 0 Å². The van der Waals surface area contributed by atoms with Gasteiger partial charge in [-0.25, -0.2) is 0 Å². The van der Waals surface area contributed by atoms with Crippen LogP contribution < -0.4 is 0 Å². The summed E-state index contributed by atoms with van der Waals surface area (Å²) in [6.07, 6.45) is 0.206.